The molecule has 6 nitrogen and oxygen atoms in total. The number of nitrogens with one attached hydrogen (secondary N) is 2. The van der Waals surface area contributed by atoms with Crippen LogP contribution in [-0.2, 0) is 28.9 Å². The second-order valence-electron chi connectivity index (χ2n) is 6.06. The zero-order valence-electron chi connectivity index (χ0n) is 13.2. The first-order valence-corrected chi connectivity index (χ1v) is 8.15. The van der Waals surface area contributed by atoms with Crippen molar-refractivity contribution in [1.29, 1.82) is 0 Å². The van der Waals surface area contributed by atoms with Crippen molar-refractivity contribution >= 4 is 5.91 Å². The molecule has 3 rings (SSSR count). The number of nitrogens with zero attached hydrogens (tertiary/aromatic N) is 2. The number of aryl methyl sites for hydroxylation is 2. The van der Waals surface area contributed by atoms with E-state index < -0.39 is 0 Å². The molecule has 1 atom stereocenters. The zero-order chi connectivity index (χ0) is 15.4. The number of aromatic nitrogens is 2. The van der Waals surface area contributed by atoms with Gasteiger partial charge in [-0.2, -0.15) is 0 Å². The molecule has 0 aromatic carbocycles. The van der Waals surface area contributed by atoms with Crippen LogP contribution in [0.5, 0.6) is 0 Å². The number of carbonyl (C=O) groups excluding carboxylic acids is 1. The number of hydrogen-bond acceptors (Lipinski definition) is 5. The highest BCUT2D eigenvalue weighted by molar-refractivity contribution is 5.76. The Bertz CT molecular complexity index is 541. The lowest BCUT2D eigenvalue weighted by Gasteiger charge is -2.23. The third kappa shape index (κ3) is 3.81. The lowest BCUT2D eigenvalue weighted by Crippen LogP contribution is -2.44. The molecule has 0 saturated carbocycles. The maximum atomic E-state index is 12.0. The third-order valence-electron chi connectivity index (χ3n) is 4.31. The normalized spacial score (nSPS) is 21.2. The summed E-state index contributed by atoms with van der Waals surface area (Å²) in [5.41, 5.74) is 3.55. The molecule has 120 valence electrons. The summed E-state index contributed by atoms with van der Waals surface area (Å²) in [6, 6.07) is 0.111. The summed E-state index contributed by atoms with van der Waals surface area (Å²) in [5, 5.41) is 6.20. The van der Waals surface area contributed by atoms with Gasteiger partial charge in [0.15, 0.2) is 0 Å². The molecule has 1 saturated heterocycles. The van der Waals surface area contributed by atoms with Crippen LogP contribution in [0.1, 0.15) is 42.0 Å². The van der Waals surface area contributed by atoms with Gasteiger partial charge in [0.2, 0.25) is 5.91 Å². The van der Waals surface area contributed by atoms with Crippen LogP contribution >= 0.6 is 0 Å². The van der Waals surface area contributed by atoms with Gasteiger partial charge < -0.3 is 15.4 Å². The van der Waals surface area contributed by atoms with E-state index in [1.807, 2.05) is 6.92 Å². The standard InChI is InChI=1S/C16H24N4O2/c1-11-13-4-2-3-5-14(13)20-15(19-11)9-18-16(21)8-12-10-22-7-6-17-12/h12,17H,2-10H2,1H3,(H,18,21). The summed E-state index contributed by atoms with van der Waals surface area (Å²) >= 11 is 0. The van der Waals surface area contributed by atoms with Crippen LogP contribution in [-0.4, -0.2) is 41.7 Å². The highest BCUT2D eigenvalue weighted by atomic mass is 16.5. The number of hydrogen-bond donors (Lipinski definition) is 2. The molecule has 1 aliphatic carbocycles. The van der Waals surface area contributed by atoms with Crippen molar-refractivity contribution in [3.63, 3.8) is 0 Å². The molecule has 1 aromatic heterocycles. The first-order valence-electron chi connectivity index (χ1n) is 8.15. The predicted octanol–water partition coefficient (Wildman–Crippen LogP) is 0.659. The van der Waals surface area contributed by atoms with Crippen molar-refractivity contribution in [1.82, 2.24) is 20.6 Å². The molecule has 1 aliphatic heterocycles. The Hall–Kier alpha value is -1.53. The summed E-state index contributed by atoms with van der Waals surface area (Å²) in [6.07, 6.45) is 4.97. The first-order chi connectivity index (χ1) is 10.7. The summed E-state index contributed by atoms with van der Waals surface area (Å²) in [5.74, 6) is 0.737. The van der Waals surface area contributed by atoms with Gasteiger partial charge in [0.1, 0.15) is 5.82 Å². The molecule has 0 radical (unpaired) electrons. The van der Waals surface area contributed by atoms with E-state index in [0.717, 1.165) is 37.5 Å². The molecule has 2 heterocycles. The highest BCUT2D eigenvalue weighted by Gasteiger charge is 2.18. The van der Waals surface area contributed by atoms with Crippen LogP contribution in [0, 0.1) is 6.92 Å². The fourth-order valence-corrected chi connectivity index (χ4v) is 3.15. The predicted molar refractivity (Wildman–Crippen MR) is 82.5 cm³/mol. The quantitative estimate of drug-likeness (QED) is 0.854. The minimum atomic E-state index is 0.0157. The zero-order valence-corrected chi connectivity index (χ0v) is 13.2. The second kappa shape index (κ2) is 7.15. The van der Waals surface area contributed by atoms with Crippen molar-refractivity contribution < 1.29 is 9.53 Å². The number of rotatable bonds is 4. The Kier molecular flexibility index (Phi) is 5.00. The molecule has 22 heavy (non-hydrogen) atoms. The van der Waals surface area contributed by atoms with Gasteiger partial charge in [-0.25, -0.2) is 9.97 Å². The lowest BCUT2D eigenvalue weighted by molar-refractivity contribution is -0.122. The minimum absolute atomic E-state index is 0.0157. The number of carbonyl (C=O) groups is 1. The SMILES string of the molecule is Cc1nc(CNC(=O)CC2COCCN2)nc2c1CCCC2. The van der Waals surface area contributed by atoms with Crippen LogP contribution in [0.25, 0.3) is 0 Å². The van der Waals surface area contributed by atoms with E-state index in [2.05, 4.69) is 20.6 Å². The topological polar surface area (TPSA) is 76.1 Å². The average molecular weight is 304 g/mol. The van der Waals surface area contributed by atoms with Crippen LogP contribution in [0.15, 0.2) is 0 Å². The van der Waals surface area contributed by atoms with Crippen molar-refractivity contribution in [3.05, 3.63) is 22.8 Å². The molecule has 0 bridgehead atoms. The maximum Gasteiger partial charge on any atom is 0.222 e. The Balaban J connectivity index is 1.54. The fourth-order valence-electron chi connectivity index (χ4n) is 3.15. The Labute approximate surface area is 131 Å². The van der Waals surface area contributed by atoms with E-state index in [-0.39, 0.29) is 11.9 Å². The molecule has 1 fully saturated rings. The molecule has 1 aromatic rings. The Morgan fingerprint density at radius 3 is 3.05 bits per heavy atom. The lowest BCUT2D eigenvalue weighted by atomic mass is 9.95. The largest absolute Gasteiger partial charge is 0.378 e. The summed E-state index contributed by atoms with van der Waals surface area (Å²) in [4.78, 5) is 21.2. The van der Waals surface area contributed by atoms with E-state index in [9.17, 15) is 4.79 Å². The third-order valence-corrected chi connectivity index (χ3v) is 4.31. The molecule has 2 N–H and O–H groups in total. The van der Waals surface area contributed by atoms with Crippen molar-refractivity contribution in [3.8, 4) is 0 Å². The maximum absolute atomic E-state index is 12.0. The molecular formula is C16H24N4O2. The van der Waals surface area contributed by atoms with Crippen molar-refractivity contribution in [2.45, 2.75) is 51.6 Å². The minimum Gasteiger partial charge on any atom is -0.378 e. The van der Waals surface area contributed by atoms with Crippen molar-refractivity contribution in [2.24, 2.45) is 0 Å². The Morgan fingerprint density at radius 1 is 1.36 bits per heavy atom. The summed E-state index contributed by atoms with van der Waals surface area (Å²) < 4.78 is 5.36. The molecular weight excluding hydrogens is 280 g/mol. The number of fused-ring (bicyclic) bond motifs is 1. The van der Waals surface area contributed by atoms with E-state index in [4.69, 9.17) is 4.74 Å². The molecule has 2 aliphatic rings. The highest BCUT2D eigenvalue weighted by Crippen LogP contribution is 2.21. The number of amides is 1. The van der Waals surface area contributed by atoms with Gasteiger partial charge in [0.25, 0.3) is 0 Å². The van der Waals surface area contributed by atoms with Crippen molar-refractivity contribution in [2.75, 3.05) is 19.8 Å². The number of ether oxygens (including phenoxy) is 1. The first kappa shape index (κ1) is 15.4. The summed E-state index contributed by atoms with van der Waals surface area (Å²) in [6.45, 7) is 4.58. The van der Waals surface area contributed by atoms with Crippen LogP contribution in [0.4, 0.5) is 0 Å². The van der Waals surface area contributed by atoms with E-state index >= 15 is 0 Å². The average Bonchev–Trinajstić information content (AvgIpc) is 2.54. The smallest absolute Gasteiger partial charge is 0.222 e. The second-order valence-corrected chi connectivity index (χ2v) is 6.06. The monoisotopic (exact) mass is 304 g/mol. The van der Waals surface area contributed by atoms with E-state index in [1.54, 1.807) is 0 Å². The van der Waals surface area contributed by atoms with Crippen LogP contribution in [0.3, 0.4) is 0 Å². The van der Waals surface area contributed by atoms with Crippen LogP contribution in [0.2, 0.25) is 0 Å². The Morgan fingerprint density at radius 2 is 2.23 bits per heavy atom. The van der Waals surface area contributed by atoms with Gasteiger partial charge in [-0.15, -0.1) is 0 Å². The number of morpholine rings is 1. The molecule has 1 unspecified atom stereocenters. The van der Waals surface area contributed by atoms with E-state index in [0.29, 0.717) is 19.6 Å². The van der Waals surface area contributed by atoms with Gasteiger partial charge in [0.05, 0.1) is 19.8 Å². The van der Waals surface area contributed by atoms with Gasteiger partial charge >= 0.3 is 0 Å². The fraction of sp³-hybridized carbons (Fsp3) is 0.688. The summed E-state index contributed by atoms with van der Waals surface area (Å²) in [7, 11) is 0. The molecule has 0 spiro atoms. The van der Waals surface area contributed by atoms with Gasteiger partial charge in [0, 0.05) is 30.4 Å². The molecule has 1 amide bonds. The van der Waals surface area contributed by atoms with Gasteiger partial charge in [-0.05, 0) is 38.2 Å². The van der Waals surface area contributed by atoms with E-state index in [1.165, 1.54) is 24.1 Å². The molecule has 6 heteroatoms. The van der Waals surface area contributed by atoms with Gasteiger partial charge in [-0.3, -0.25) is 4.79 Å². The van der Waals surface area contributed by atoms with Gasteiger partial charge in [-0.1, -0.05) is 0 Å². The van der Waals surface area contributed by atoms with Crippen LogP contribution < -0.4 is 10.6 Å².